The van der Waals surface area contributed by atoms with Crippen molar-refractivity contribution in [2.24, 2.45) is 0 Å². The molecule has 0 aliphatic heterocycles. The van der Waals surface area contributed by atoms with Gasteiger partial charge in [-0.25, -0.2) is 0 Å². The Morgan fingerprint density at radius 3 is 2.62 bits per heavy atom. The quantitative estimate of drug-likeness (QED) is 0.783. The summed E-state index contributed by atoms with van der Waals surface area (Å²) >= 11 is 0. The van der Waals surface area contributed by atoms with Gasteiger partial charge >= 0.3 is 5.97 Å². The Hall–Kier alpha value is -1.84. The van der Waals surface area contributed by atoms with Gasteiger partial charge in [-0.15, -0.1) is 0 Å². The first-order chi connectivity index (χ1) is 10.1. The van der Waals surface area contributed by atoms with Crippen LogP contribution in [0.2, 0.25) is 0 Å². The maximum Gasteiger partial charge on any atom is 0.307 e. The number of carbonyl (C=O) groups excluding carboxylic acids is 2. The first-order valence-electron chi connectivity index (χ1n) is 7.64. The number of ether oxygens (including phenoxy) is 1. The van der Waals surface area contributed by atoms with Crippen molar-refractivity contribution in [3.63, 3.8) is 0 Å². The SMILES string of the molecule is CCOC(=O)CCN(C)C(=O)c1ccc2c(c1)CCCC2. The smallest absolute Gasteiger partial charge is 0.307 e. The fourth-order valence-corrected chi connectivity index (χ4v) is 2.68. The highest BCUT2D eigenvalue weighted by molar-refractivity contribution is 5.94. The molecule has 1 aromatic carbocycles. The molecule has 0 unspecified atom stereocenters. The Balaban J connectivity index is 1.97. The van der Waals surface area contributed by atoms with E-state index >= 15 is 0 Å². The van der Waals surface area contributed by atoms with Gasteiger partial charge in [-0.05, 0) is 55.9 Å². The van der Waals surface area contributed by atoms with Gasteiger partial charge in [0.15, 0.2) is 0 Å². The minimum Gasteiger partial charge on any atom is -0.466 e. The molecule has 0 spiro atoms. The monoisotopic (exact) mass is 289 g/mol. The molecule has 1 aliphatic rings. The molecule has 0 bridgehead atoms. The van der Waals surface area contributed by atoms with Gasteiger partial charge in [0.1, 0.15) is 0 Å². The number of rotatable bonds is 5. The highest BCUT2D eigenvalue weighted by Gasteiger charge is 2.16. The molecule has 1 amide bonds. The average molecular weight is 289 g/mol. The number of esters is 1. The van der Waals surface area contributed by atoms with Crippen LogP contribution in [0.5, 0.6) is 0 Å². The van der Waals surface area contributed by atoms with E-state index in [1.165, 1.54) is 24.0 Å². The van der Waals surface area contributed by atoms with Crippen molar-refractivity contribution in [3.05, 3.63) is 34.9 Å². The maximum atomic E-state index is 12.4. The van der Waals surface area contributed by atoms with E-state index in [1.54, 1.807) is 18.9 Å². The lowest BCUT2D eigenvalue weighted by molar-refractivity contribution is -0.143. The zero-order valence-corrected chi connectivity index (χ0v) is 12.9. The molecule has 21 heavy (non-hydrogen) atoms. The number of aryl methyl sites for hydroxylation is 2. The van der Waals surface area contributed by atoms with E-state index in [4.69, 9.17) is 4.74 Å². The highest BCUT2D eigenvalue weighted by atomic mass is 16.5. The van der Waals surface area contributed by atoms with Crippen molar-refractivity contribution in [1.82, 2.24) is 4.90 Å². The van der Waals surface area contributed by atoms with E-state index in [0.29, 0.717) is 18.7 Å². The second-order valence-corrected chi connectivity index (χ2v) is 5.47. The molecular weight excluding hydrogens is 266 g/mol. The number of hydrogen-bond donors (Lipinski definition) is 0. The van der Waals surface area contributed by atoms with E-state index < -0.39 is 0 Å². The van der Waals surface area contributed by atoms with Crippen molar-refractivity contribution >= 4 is 11.9 Å². The lowest BCUT2D eigenvalue weighted by Crippen LogP contribution is -2.29. The van der Waals surface area contributed by atoms with Gasteiger partial charge in [0, 0.05) is 19.2 Å². The van der Waals surface area contributed by atoms with Crippen LogP contribution in [0.4, 0.5) is 0 Å². The van der Waals surface area contributed by atoms with Crippen molar-refractivity contribution in [3.8, 4) is 0 Å². The van der Waals surface area contributed by atoms with Gasteiger partial charge < -0.3 is 9.64 Å². The van der Waals surface area contributed by atoms with Gasteiger partial charge in [0.25, 0.3) is 5.91 Å². The van der Waals surface area contributed by atoms with Gasteiger partial charge in [-0.1, -0.05) is 6.07 Å². The zero-order chi connectivity index (χ0) is 15.2. The molecule has 4 heteroatoms. The lowest BCUT2D eigenvalue weighted by Gasteiger charge is -2.20. The first kappa shape index (κ1) is 15.5. The van der Waals surface area contributed by atoms with E-state index in [1.807, 2.05) is 12.1 Å². The minimum atomic E-state index is -0.261. The van der Waals surface area contributed by atoms with Crippen molar-refractivity contribution in [2.45, 2.75) is 39.0 Å². The molecule has 0 atom stereocenters. The third-order valence-corrected chi connectivity index (χ3v) is 3.90. The second kappa shape index (κ2) is 7.25. The second-order valence-electron chi connectivity index (χ2n) is 5.47. The lowest BCUT2D eigenvalue weighted by atomic mass is 9.90. The topological polar surface area (TPSA) is 46.6 Å². The summed E-state index contributed by atoms with van der Waals surface area (Å²) in [6.07, 6.45) is 4.84. The summed E-state index contributed by atoms with van der Waals surface area (Å²) < 4.78 is 4.88. The van der Waals surface area contributed by atoms with Crippen LogP contribution in [-0.4, -0.2) is 37.0 Å². The van der Waals surface area contributed by atoms with Gasteiger partial charge in [0.05, 0.1) is 13.0 Å². The Kier molecular flexibility index (Phi) is 5.37. The molecule has 0 saturated heterocycles. The van der Waals surface area contributed by atoms with Crippen LogP contribution in [0.25, 0.3) is 0 Å². The van der Waals surface area contributed by atoms with Crippen LogP contribution < -0.4 is 0 Å². The van der Waals surface area contributed by atoms with Crippen LogP contribution in [0.15, 0.2) is 18.2 Å². The Morgan fingerprint density at radius 2 is 1.90 bits per heavy atom. The predicted molar refractivity (Wildman–Crippen MR) is 81.3 cm³/mol. The summed E-state index contributed by atoms with van der Waals surface area (Å²) in [7, 11) is 1.72. The summed E-state index contributed by atoms with van der Waals surface area (Å²) in [4.78, 5) is 25.3. The van der Waals surface area contributed by atoms with E-state index in [-0.39, 0.29) is 18.3 Å². The standard InChI is InChI=1S/C17H23NO3/c1-3-21-16(19)10-11-18(2)17(20)15-9-8-13-6-4-5-7-14(13)12-15/h8-9,12H,3-7,10-11H2,1-2H3. The van der Waals surface area contributed by atoms with Crippen LogP contribution in [0.1, 0.15) is 47.7 Å². The summed E-state index contributed by atoms with van der Waals surface area (Å²) in [5.41, 5.74) is 3.37. The molecule has 0 radical (unpaired) electrons. The normalized spacial score (nSPS) is 13.4. The molecule has 0 N–H and O–H groups in total. The molecule has 4 nitrogen and oxygen atoms in total. The molecule has 2 rings (SSSR count). The van der Waals surface area contributed by atoms with Gasteiger partial charge in [0.2, 0.25) is 0 Å². The largest absolute Gasteiger partial charge is 0.466 e. The van der Waals surface area contributed by atoms with Gasteiger partial charge in [-0.2, -0.15) is 0 Å². The number of amides is 1. The van der Waals surface area contributed by atoms with Crippen LogP contribution in [0, 0.1) is 0 Å². The zero-order valence-electron chi connectivity index (χ0n) is 12.9. The molecule has 0 saturated carbocycles. The average Bonchev–Trinajstić information content (AvgIpc) is 2.51. The van der Waals surface area contributed by atoms with Crippen LogP contribution in [0.3, 0.4) is 0 Å². The molecule has 0 aromatic heterocycles. The number of nitrogens with zero attached hydrogens (tertiary/aromatic N) is 1. The van der Waals surface area contributed by atoms with E-state index in [2.05, 4.69) is 6.07 Å². The molecular formula is C17H23NO3. The number of benzene rings is 1. The van der Waals surface area contributed by atoms with E-state index in [0.717, 1.165) is 12.8 Å². The van der Waals surface area contributed by atoms with Crippen LogP contribution in [-0.2, 0) is 22.4 Å². The Labute approximate surface area is 126 Å². The number of carbonyl (C=O) groups is 2. The third kappa shape index (κ3) is 4.06. The summed E-state index contributed by atoms with van der Waals surface area (Å²) in [6.45, 7) is 2.54. The summed E-state index contributed by atoms with van der Waals surface area (Å²) in [6, 6.07) is 5.98. The predicted octanol–water partition coefficient (Wildman–Crippen LogP) is 2.59. The fraction of sp³-hybridized carbons (Fsp3) is 0.529. The Morgan fingerprint density at radius 1 is 1.19 bits per heavy atom. The molecule has 114 valence electrons. The number of fused-ring (bicyclic) bond motifs is 1. The number of hydrogen-bond acceptors (Lipinski definition) is 3. The summed E-state index contributed by atoms with van der Waals surface area (Å²) in [5.74, 6) is -0.296. The van der Waals surface area contributed by atoms with E-state index in [9.17, 15) is 9.59 Å². The summed E-state index contributed by atoms with van der Waals surface area (Å²) in [5, 5.41) is 0. The maximum absolute atomic E-state index is 12.4. The minimum absolute atomic E-state index is 0.0346. The molecule has 1 aliphatic carbocycles. The van der Waals surface area contributed by atoms with Crippen LogP contribution >= 0.6 is 0 Å². The van der Waals surface area contributed by atoms with Gasteiger partial charge in [-0.3, -0.25) is 9.59 Å². The third-order valence-electron chi connectivity index (χ3n) is 3.90. The fourth-order valence-electron chi connectivity index (χ4n) is 2.68. The molecule has 1 aromatic rings. The molecule has 0 fully saturated rings. The highest BCUT2D eigenvalue weighted by Crippen LogP contribution is 2.22. The molecule has 0 heterocycles. The Bertz CT molecular complexity index is 525. The first-order valence-corrected chi connectivity index (χ1v) is 7.64. The van der Waals surface area contributed by atoms with Crippen molar-refractivity contribution < 1.29 is 14.3 Å². The van der Waals surface area contributed by atoms with Crippen molar-refractivity contribution in [1.29, 1.82) is 0 Å². The van der Waals surface area contributed by atoms with Crippen molar-refractivity contribution in [2.75, 3.05) is 20.2 Å².